The van der Waals surface area contributed by atoms with E-state index in [0.717, 1.165) is 5.75 Å². The number of rotatable bonds is 7. The zero-order chi connectivity index (χ0) is 16.8. The van der Waals surface area contributed by atoms with E-state index in [0.29, 0.717) is 18.9 Å². The van der Waals surface area contributed by atoms with E-state index in [2.05, 4.69) is 23.5 Å². The second kappa shape index (κ2) is 8.25. The average molecular weight is 341 g/mol. The smallest absolute Gasteiger partial charge is 0.230 e. The van der Waals surface area contributed by atoms with Crippen molar-refractivity contribution < 1.29 is 9.53 Å². The van der Waals surface area contributed by atoms with E-state index in [-0.39, 0.29) is 5.91 Å². The third-order valence-corrected chi connectivity index (χ3v) is 5.15. The van der Waals surface area contributed by atoms with E-state index in [9.17, 15) is 4.79 Å². The van der Waals surface area contributed by atoms with E-state index in [1.54, 1.807) is 11.8 Å². The Balaban J connectivity index is 1.34. The number of ether oxygens (including phenoxy) is 1. The fourth-order valence-electron chi connectivity index (χ4n) is 2.83. The lowest BCUT2D eigenvalue weighted by atomic mass is 10.1. The summed E-state index contributed by atoms with van der Waals surface area (Å²) in [4.78, 5) is 13.1. The first kappa shape index (κ1) is 16.9. The molecule has 0 saturated carbocycles. The van der Waals surface area contributed by atoms with Crippen molar-refractivity contribution in [3.63, 3.8) is 0 Å². The number of amides is 1. The number of nitrogens with one attached hydrogen (secondary N) is 1. The van der Waals surface area contributed by atoms with E-state index < -0.39 is 0 Å². The molecule has 0 radical (unpaired) electrons. The molecule has 2 aromatic rings. The molecular weight excluding hydrogens is 318 g/mol. The number of carbonyl (C=O) groups is 1. The summed E-state index contributed by atoms with van der Waals surface area (Å²) in [7, 11) is 0. The summed E-state index contributed by atoms with van der Waals surface area (Å²) in [5.74, 6) is 1.33. The maximum absolute atomic E-state index is 11.9. The Hall–Kier alpha value is -1.94. The minimum Gasteiger partial charge on any atom is -0.492 e. The zero-order valence-corrected chi connectivity index (χ0v) is 14.8. The van der Waals surface area contributed by atoms with Crippen molar-refractivity contribution in [3.8, 4) is 5.75 Å². The fourth-order valence-corrected chi connectivity index (χ4v) is 3.62. The molecule has 3 nitrogen and oxygen atoms in total. The third kappa shape index (κ3) is 4.78. The predicted octanol–water partition coefficient (Wildman–Crippen LogP) is 3.77. The van der Waals surface area contributed by atoms with Gasteiger partial charge >= 0.3 is 0 Å². The Morgan fingerprint density at radius 1 is 1.12 bits per heavy atom. The number of thioether (sulfide) groups is 1. The molecule has 0 aromatic heterocycles. The molecular formula is C20H23NO2S. The molecule has 2 aromatic carbocycles. The van der Waals surface area contributed by atoms with Gasteiger partial charge in [0.15, 0.2) is 0 Å². The molecule has 3 rings (SSSR count). The molecule has 1 amide bonds. The summed E-state index contributed by atoms with van der Waals surface area (Å²) in [6, 6.07) is 14.5. The van der Waals surface area contributed by atoms with Gasteiger partial charge in [0.25, 0.3) is 0 Å². The van der Waals surface area contributed by atoms with E-state index in [1.807, 2.05) is 31.2 Å². The Kier molecular flexibility index (Phi) is 5.81. The molecule has 126 valence electrons. The van der Waals surface area contributed by atoms with Crippen LogP contribution in [-0.4, -0.2) is 24.8 Å². The van der Waals surface area contributed by atoms with E-state index in [1.165, 1.54) is 40.8 Å². The fraction of sp³-hybridized carbons (Fsp3) is 0.350. The third-order valence-electron chi connectivity index (χ3n) is 4.15. The molecule has 0 bridgehead atoms. The summed E-state index contributed by atoms with van der Waals surface area (Å²) in [5.41, 5.74) is 4.13. The van der Waals surface area contributed by atoms with Gasteiger partial charge in [0, 0.05) is 4.90 Å². The predicted molar refractivity (Wildman–Crippen MR) is 98.9 cm³/mol. The van der Waals surface area contributed by atoms with Crippen LogP contribution in [0, 0.1) is 6.92 Å². The first-order valence-corrected chi connectivity index (χ1v) is 9.40. The summed E-state index contributed by atoms with van der Waals surface area (Å²) in [5, 5.41) is 2.90. The maximum Gasteiger partial charge on any atom is 0.230 e. The van der Waals surface area contributed by atoms with Crippen molar-refractivity contribution in [1.29, 1.82) is 0 Å². The van der Waals surface area contributed by atoms with Gasteiger partial charge in [-0.05, 0) is 61.6 Å². The van der Waals surface area contributed by atoms with Gasteiger partial charge in [-0.25, -0.2) is 0 Å². The van der Waals surface area contributed by atoms with Gasteiger partial charge in [-0.2, -0.15) is 0 Å². The molecule has 1 aliphatic rings. The van der Waals surface area contributed by atoms with Gasteiger partial charge in [-0.15, -0.1) is 11.8 Å². The Morgan fingerprint density at radius 3 is 2.75 bits per heavy atom. The monoisotopic (exact) mass is 341 g/mol. The SMILES string of the molecule is Cc1ccc(OCCNC(=O)CSc2ccc3c(c2)CCC3)cc1. The summed E-state index contributed by atoms with van der Waals surface area (Å²) in [6.45, 7) is 3.05. The Labute approximate surface area is 147 Å². The van der Waals surface area contributed by atoms with Gasteiger partial charge in [-0.1, -0.05) is 23.8 Å². The standard InChI is InChI=1S/C20H23NO2S/c1-15-5-8-18(9-6-15)23-12-11-21-20(22)14-24-19-10-7-16-3-2-4-17(16)13-19/h5-10,13H,2-4,11-12,14H2,1H3,(H,21,22). The largest absolute Gasteiger partial charge is 0.492 e. The van der Waals surface area contributed by atoms with E-state index >= 15 is 0 Å². The maximum atomic E-state index is 11.9. The molecule has 1 N–H and O–H groups in total. The molecule has 0 aliphatic heterocycles. The minimum atomic E-state index is 0.0491. The van der Waals surface area contributed by atoms with Crippen molar-refractivity contribution in [2.75, 3.05) is 18.9 Å². The van der Waals surface area contributed by atoms with Crippen LogP contribution in [-0.2, 0) is 17.6 Å². The van der Waals surface area contributed by atoms with Crippen LogP contribution in [0.4, 0.5) is 0 Å². The Bertz CT molecular complexity index is 697. The van der Waals surface area contributed by atoms with Crippen LogP contribution in [0.1, 0.15) is 23.1 Å². The number of fused-ring (bicyclic) bond motifs is 1. The molecule has 24 heavy (non-hydrogen) atoms. The summed E-state index contributed by atoms with van der Waals surface area (Å²) in [6.07, 6.45) is 3.62. The number of hydrogen-bond donors (Lipinski definition) is 1. The number of carbonyl (C=O) groups excluding carboxylic acids is 1. The highest BCUT2D eigenvalue weighted by atomic mass is 32.2. The van der Waals surface area contributed by atoms with Crippen LogP contribution in [0.2, 0.25) is 0 Å². The molecule has 0 heterocycles. The highest BCUT2D eigenvalue weighted by Gasteiger charge is 2.11. The molecule has 0 spiro atoms. The average Bonchev–Trinajstić information content (AvgIpc) is 3.06. The number of hydrogen-bond acceptors (Lipinski definition) is 3. The number of benzene rings is 2. The minimum absolute atomic E-state index is 0.0491. The van der Waals surface area contributed by atoms with Gasteiger partial charge < -0.3 is 10.1 Å². The lowest BCUT2D eigenvalue weighted by molar-refractivity contribution is -0.118. The second-order valence-corrected chi connectivity index (χ2v) is 7.13. The van der Waals surface area contributed by atoms with Gasteiger partial charge in [0.1, 0.15) is 12.4 Å². The van der Waals surface area contributed by atoms with Crippen molar-refractivity contribution in [2.24, 2.45) is 0 Å². The van der Waals surface area contributed by atoms with Crippen molar-refractivity contribution in [2.45, 2.75) is 31.1 Å². The highest BCUT2D eigenvalue weighted by Crippen LogP contribution is 2.27. The first-order valence-electron chi connectivity index (χ1n) is 8.41. The van der Waals surface area contributed by atoms with E-state index in [4.69, 9.17) is 4.74 Å². The molecule has 0 atom stereocenters. The van der Waals surface area contributed by atoms with Crippen LogP contribution in [0.15, 0.2) is 47.4 Å². The van der Waals surface area contributed by atoms with Crippen LogP contribution in [0.5, 0.6) is 5.75 Å². The first-order chi connectivity index (χ1) is 11.7. The van der Waals surface area contributed by atoms with Gasteiger partial charge in [0.2, 0.25) is 5.91 Å². The second-order valence-electron chi connectivity index (χ2n) is 6.08. The molecule has 1 aliphatic carbocycles. The molecule has 0 fully saturated rings. The molecule has 0 unspecified atom stereocenters. The van der Waals surface area contributed by atoms with Crippen molar-refractivity contribution >= 4 is 17.7 Å². The van der Waals surface area contributed by atoms with Crippen LogP contribution in [0.3, 0.4) is 0 Å². The van der Waals surface area contributed by atoms with Crippen LogP contribution in [0.25, 0.3) is 0 Å². The van der Waals surface area contributed by atoms with Gasteiger partial charge in [0.05, 0.1) is 12.3 Å². The lowest BCUT2D eigenvalue weighted by Crippen LogP contribution is -2.29. The van der Waals surface area contributed by atoms with Crippen molar-refractivity contribution in [3.05, 3.63) is 59.2 Å². The van der Waals surface area contributed by atoms with Crippen LogP contribution < -0.4 is 10.1 Å². The summed E-state index contributed by atoms with van der Waals surface area (Å²) >= 11 is 1.60. The molecule has 4 heteroatoms. The van der Waals surface area contributed by atoms with Gasteiger partial charge in [-0.3, -0.25) is 4.79 Å². The topological polar surface area (TPSA) is 38.3 Å². The normalized spacial score (nSPS) is 12.7. The Morgan fingerprint density at radius 2 is 1.92 bits per heavy atom. The zero-order valence-electron chi connectivity index (χ0n) is 14.0. The quantitative estimate of drug-likeness (QED) is 0.615. The summed E-state index contributed by atoms with van der Waals surface area (Å²) < 4.78 is 5.60. The molecule has 0 saturated heterocycles. The highest BCUT2D eigenvalue weighted by molar-refractivity contribution is 8.00. The van der Waals surface area contributed by atoms with Crippen molar-refractivity contribution in [1.82, 2.24) is 5.32 Å². The number of aryl methyl sites for hydroxylation is 3. The van der Waals surface area contributed by atoms with Crippen LogP contribution >= 0.6 is 11.8 Å². The lowest BCUT2D eigenvalue weighted by Gasteiger charge is -2.08.